The minimum Gasteiger partial charge on any atom is -0.365 e. The summed E-state index contributed by atoms with van der Waals surface area (Å²) in [5.74, 6) is 1.62. The second-order valence-corrected chi connectivity index (χ2v) is 6.26. The van der Waals surface area contributed by atoms with Crippen LogP contribution in [0.1, 0.15) is 40.5 Å². The maximum atomic E-state index is 12.2. The number of nitrogens with one attached hydrogen (secondary N) is 1. The van der Waals surface area contributed by atoms with Crippen molar-refractivity contribution in [2.45, 2.75) is 46.1 Å². The van der Waals surface area contributed by atoms with Crippen LogP contribution in [0.4, 0.5) is 5.82 Å². The molecule has 0 aliphatic rings. The number of anilines is 1. The molecule has 0 fully saturated rings. The van der Waals surface area contributed by atoms with E-state index in [0.29, 0.717) is 17.6 Å². The van der Waals surface area contributed by atoms with Gasteiger partial charge in [-0.3, -0.25) is 4.79 Å². The zero-order chi connectivity index (χ0) is 14.5. The van der Waals surface area contributed by atoms with Gasteiger partial charge in [-0.1, -0.05) is 6.92 Å². The van der Waals surface area contributed by atoms with E-state index < -0.39 is 0 Å². The van der Waals surface area contributed by atoms with Crippen LogP contribution in [0, 0.1) is 5.92 Å². The molecule has 0 amide bonds. The highest BCUT2D eigenvalue weighted by Crippen LogP contribution is 2.11. The zero-order valence-electron chi connectivity index (χ0n) is 12.2. The van der Waals surface area contributed by atoms with Crippen molar-refractivity contribution in [2.75, 3.05) is 17.7 Å². The minimum absolute atomic E-state index is 0.0691. The molecule has 108 valence electrons. The Balaban J connectivity index is 2.63. The molecule has 0 bridgehead atoms. The van der Waals surface area contributed by atoms with Crippen LogP contribution in [0.25, 0.3) is 0 Å². The molecule has 1 N–H and O–H groups in total. The number of hydrogen-bond donors (Lipinski definition) is 1. The van der Waals surface area contributed by atoms with Gasteiger partial charge < -0.3 is 9.88 Å². The van der Waals surface area contributed by atoms with Crippen LogP contribution in [0.2, 0.25) is 0 Å². The lowest BCUT2D eigenvalue weighted by Crippen LogP contribution is -2.35. The van der Waals surface area contributed by atoms with Crippen molar-refractivity contribution < 1.29 is 0 Å². The Kier molecular flexibility index (Phi) is 5.85. The average Bonchev–Trinajstić information content (AvgIpc) is 2.34. The van der Waals surface area contributed by atoms with Gasteiger partial charge in [-0.25, -0.2) is 4.98 Å². The Morgan fingerprint density at radius 3 is 2.74 bits per heavy atom. The van der Waals surface area contributed by atoms with Crippen LogP contribution in [-0.4, -0.2) is 22.0 Å². The maximum Gasteiger partial charge on any atom is 0.293 e. The molecule has 1 aromatic rings. The third-order valence-corrected chi connectivity index (χ3v) is 3.52. The molecule has 1 heterocycles. The monoisotopic (exact) mass is 285 g/mol. The fourth-order valence-corrected chi connectivity index (χ4v) is 1.95. The third-order valence-electron chi connectivity index (χ3n) is 2.99. The molecule has 1 atom stereocenters. The first-order valence-electron chi connectivity index (χ1n) is 6.74. The summed E-state index contributed by atoms with van der Waals surface area (Å²) in [6, 6.07) is 0. The molecule has 1 aromatic heterocycles. The number of alkyl halides is 1. The largest absolute Gasteiger partial charge is 0.365 e. The normalized spacial score (nSPS) is 13.3. The predicted molar refractivity (Wildman–Crippen MR) is 81.1 cm³/mol. The van der Waals surface area contributed by atoms with Gasteiger partial charge in [0.15, 0.2) is 5.82 Å². The Hall–Kier alpha value is -1.03. The van der Waals surface area contributed by atoms with Gasteiger partial charge in [-0.15, -0.1) is 11.6 Å². The van der Waals surface area contributed by atoms with E-state index in [4.69, 9.17) is 11.6 Å². The lowest BCUT2D eigenvalue weighted by molar-refractivity contribution is 0.383. The summed E-state index contributed by atoms with van der Waals surface area (Å²) in [4.78, 5) is 16.3. The molecule has 0 radical (unpaired) electrons. The summed E-state index contributed by atoms with van der Waals surface area (Å²) in [7, 11) is 0. The number of nitrogens with zero attached hydrogens (tertiary/aromatic N) is 2. The predicted octanol–water partition coefficient (Wildman–Crippen LogP) is 3.07. The fourth-order valence-electron chi connectivity index (χ4n) is 1.80. The lowest BCUT2D eigenvalue weighted by atomic mass is 10.1. The second kappa shape index (κ2) is 6.94. The molecule has 19 heavy (non-hydrogen) atoms. The standard InChI is InChI=1S/C14H24ClN3O/c1-11(10-15)6-5-7-16-12-13(19)18(9-8-17-12)14(2,3)4/h8-9,11H,5-7,10H2,1-4H3,(H,16,17). The summed E-state index contributed by atoms with van der Waals surface area (Å²) in [5.41, 5.74) is -0.302. The van der Waals surface area contributed by atoms with Crippen LogP contribution in [0.3, 0.4) is 0 Å². The Labute approximate surface area is 120 Å². The van der Waals surface area contributed by atoms with Crippen LogP contribution >= 0.6 is 11.6 Å². The molecule has 0 spiro atoms. The van der Waals surface area contributed by atoms with Gasteiger partial charge in [-0.2, -0.15) is 0 Å². The number of rotatable bonds is 6. The summed E-state index contributed by atoms with van der Waals surface area (Å²) in [6.07, 6.45) is 5.43. The van der Waals surface area contributed by atoms with E-state index in [-0.39, 0.29) is 11.1 Å². The van der Waals surface area contributed by atoms with Gasteiger partial charge >= 0.3 is 0 Å². The molecule has 0 aliphatic heterocycles. The Morgan fingerprint density at radius 2 is 2.16 bits per heavy atom. The topological polar surface area (TPSA) is 46.9 Å². The summed E-state index contributed by atoms with van der Waals surface area (Å²) >= 11 is 5.76. The van der Waals surface area contributed by atoms with E-state index in [1.165, 1.54) is 0 Å². The Morgan fingerprint density at radius 1 is 1.47 bits per heavy atom. The first-order chi connectivity index (χ1) is 8.86. The molecular formula is C14H24ClN3O. The van der Waals surface area contributed by atoms with Gasteiger partial charge in [0.05, 0.1) is 0 Å². The molecule has 0 aromatic carbocycles. The number of hydrogen-bond acceptors (Lipinski definition) is 3. The van der Waals surface area contributed by atoms with Crippen LogP contribution < -0.4 is 10.9 Å². The maximum absolute atomic E-state index is 12.2. The highest BCUT2D eigenvalue weighted by atomic mass is 35.5. The quantitative estimate of drug-likeness (QED) is 0.645. The van der Waals surface area contributed by atoms with Crippen molar-refractivity contribution in [1.82, 2.24) is 9.55 Å². The average molecular weight is 286 g/mol. The summed E-state index contributed by atoms with van der Waals surface area (Å²) in [5, 5.41) is 3.12. The van der Waals surface area contributed by atoms with Crippen LogP contribution in [0.15, 0.2) is 17.2 Å². The first kappa shape index (κ1) is 16.0. The fraction of sp³-hybridized carbons (Fsp3) is 0.714. The third kappa shape index (κ3) is 4.86. The van der Waals surface area contributed by atoms with Crippen molar-refractivity contribution >= 4 is 17.4 Å². The molecule has 5 heteroatoms. The second-order valence-electron chi connectivity index (χ2n) is 5.95. The van der Waals surface area contributed by atoms with Crippen LogP contribution in [-0.2, 0) is 5.54 Å². The van der Waals surface area contributed by atoms with Gasteiger partial charge in [-0.05, 0) is 39.5 Å². The van der Waals surface area contributed by atoms with Crippen molar-refractivity contribution in [3.63, 3.8) is 0 Å². The molecule has 0 aliphatic carbocycles. The number of halogens is 1. The first-order valence-corrected chi connectivity index (χ1v) is 7.27. The van der Waals surface area contributed by atoms with Gasteiger partial charge in [0.25, 0.3) is 5.56 Å². The molecular weight excluding hydrogens is 262 g/mol. The van der Waals surface area contributed by atoms with Crippen molar-refractivity contribution in [3.05, 3.63) is 22.7 Å². The molecule has 0 saturated heterocycles. The van der Waals surface area contributed by atoms with Crippen molar-refractivity contribution in [2.24, 2.45) is 5.92 Å². The van der Waals surface area contributed by atoms with Crippen molar-refractivity contribution in [1.29, 1.82) is 0 Å². The molecule has 1 rings (SSSR count). The molecule has 4 nitrogen and oxygen atoms in total. The Bertz CT molecular complexity index is 451. The van der Waals surface area contributed by atoms with Gasteiger partial charge in [0.1, 0.15) is 0 Å². The highest BCUT2D eigenvalue weighted by Gasteiger charge is 2.16. The van der Waals surface area contributed by atoms with E-state index in [1.54, 1.807) is 17.0 Å². The van der Waals surface area contributed by atoms with E-state index in [0.717, 1.165) is 19.4 Å². The van der Waals surface area contributed by atoms with E-state index in [1.807, 2.05) is 20.8 Å². The van der Waals surface area contributed by atoms with Crippen molar-refractivity contribution in [3.8, 4) is 0 Å². The molecule has 1 unspecified atom stereocenters. The SMILES string of the molecule is CC(CCl)CCCNc1nccn(C(C)(C)C)c1=O. The number of aromatic nitrogens is 2. The summed E-state index contributed by atoms with van der Waals surface area (Å²) in [6.45, 7) is 8.87. The van der Waals surface area contributed by atoms with E-state index >= 15 is 0 Å². The summed E-state index contributed by atoms with van der Waals surface area (Å²) < 4.78 is 1.70. The minimum atomic E-state index is -0.233. The van der Waals surface area contributed by atoms with Gasteiger partial charge in [0.2, 0.25) is 0 Å². The van der Waals surface area contributed by atoms with E-state index in [2.05, 4.69) is 17.2 Å². The lowest BCUT2D eigenvalue weighted by Gasteiger charge is -2.22. The van der Waals surface area contributed by atoms with Gasteiger partial charge in [0, 0.05) is 30.4 Å². The smallest absolute Gasteiger partial charge is 0.293 e. The van der Waals surface area contributed by atoms with E-state index in [9.17, 15) is 4.79 Å². The van der Waals surface area contributed by atoms with Crippen LogP contribution in [0.5, 0.6) is 0 Å². The highest BCUT2D eigenvalue weighted by molar-refractivity contribution is 6.18. The molecule has 0 saturated carbocycles. The zero-order valence-corrected chi connectivity index (χ0v) is 13.0.